The van der Waals surface area contributed by atoms with E-state index in [1.165, 1.54) is 28.6 Å². The van der Waals surface area contributed by atoms with Gasteiger partial charge in [0.15, 0.2) is 0 Å². The van der Waals surface area contributed by atoms with Crippen LogP contribution in [-0.4, -0.2) is 62.8 Å². The van der Waals surface area contributed by atoms with E-state index in [0.29, 0.717) is 51.3 Å². The fourth-order valence-corrected chi connectivity index (χ4v) is 5.06. The molecule has 194 valence electrons. The summed E-state index contributed by atoms with van der Waals surface area (Å²) in [5.74, 6) is -0.326. The maximum absolute atomic E-state index is 13.4. The van der Waals surface area contributed by atoms with E-state index in [4.69, 9.17) is 4.74 Å². The molecule has 0 aliphatic carbocycles. The van der Waals surface area contributed by atoms with Gasteiger partial charge >= 0.3 is 6.18 Å². The van der Waals surface area contributed by atoms with Crippen molar-refractivity contribution in [1.29, 1.82) is 0 Å². The number of benzene rings is 2. The van der Waals surface area contributed by atoms with Crippen molar-refractivity contribution in [3.05, 3.63) is 71.0 Å². The van der Waals surface area contributed by atoms with E-state index in [0.717, 1.165) is 17.9 Å². The molecule has 35 heavy (non-hydrogen) atoms. The van der Waals surface area contributed by atoms with Gasteiger partial charge in [-0.3, -0.25) is 4.90 Å². The van der Waals surface area contributed by atoms with Gasteiger partial charge in [0.25, 0.3) is 0 Å². The highest BCUT2D eigenvalue weighted by Crippen LogP contribution is 2.30. The van der Waals surface area contributed by atoms with Gasteiger partial charge in [-0.15, -0.1) is 0 Å². The second-order valence-corrected chi connectivity index (χ2v) is 11.7. The summed E-state index contributed by atoms with van der Waals surface area (Å²) >= 11 is 0. The van der Waals surface area contributed by atoms with Crippen molar-refractivity contribution < 1.29 is 30.7 Å². The van der Waals surface area contributed by atoms with Gasteiger partial charge in [-0.05, 0) is 35.7 Å². The zero-order chi connectivity index (χ0) is 25.9. The molecule has 0 unspecified atom stereocenters. The van der Waals surface area contributed by atoms with Crippen molar-refractivity contribution in [2.45, 2.75) is 44.5 Å². The number of sulfonamides is 1. The molecule has 2 aromatic rings. The summed E-state index contributed by atoms with van der Waals surface area (Å²) in [5.41, 5.74) is 0.426. The van der Waals surface area contributed by atoms with E-state index in [1.54, 1.807) is 18.2 Å². The SMILES string of the molecule is CC(C)(CN(CCCOC1CN(S(C)(=O)=O)C1)Cc1cccc(C(F)(F)F)c1)c1ccc(F)cc1. The third kappa shape index (κ3) is 7.99. The van der Waals surface area contributed by atoms with Crippen LogP contribution in [0.3, 0.4) is 0 Å². The van der Waals surface area contributed by atoms with E-state index >= 15 is 0 Å². The Morgan fingerprint density at radius 2 is 1.71 bits per heavy atom. The van der Waals surface area contributed by atoms with Gasteiger partial charge in [-0.2, -0.15) is 17.5 Å². The number of hydrogen-bond donors (Lipinski definition) is 0. The average Bonchev–Trinajstić information content (AvgIpc) is 2.70. The van der Waals surface area contributed by atoms with Crippen molar-refractivity contribution in [1.82, 2.24) is 9.21 Å². The zero-order valence-corrected chi connectivity index (χ0v) is 21.0. The molecule has 0 N–H and O–H groups in total. The van der Waals surface area contributed by atoms with Crippen molar-refractivity contribution in [3.8, 4) is 0 Å². The zero-order valence-electron chi connectivity index (χ0n) is 20.2. The van der Waals surface area contributed by atoms with Crippen molar-refractivity contribution in [2.24, 2.45) is 0 Å². The molecule has 0 radical (unpaired) electrons. The van der Waals surface area contributed by atoms with Crippen LogP contribution in [0.25, 0.3) is 0 Å². The van der Waals surface area contributed by atoms with E-state index < -0.39 is 21.8 Å². The predicted octanol–water partition coefficient (Wildman–Crippen LogP) is 4.67. The first kappa shape index (κ1) is 27.6. The Morgan fingerprint density at radius 1 is 1.06 bits per heavy atom. The van der Waals surface area contributed by atoms with E-state index in [2.05, 4.69) is 4.90 Å². The fraction of sp³-hybridized carbons (Fsp3) is 0.520. The van der Waals surface area contributed by atoms with Crippen LogP contribution >= 0.6 is 0 Å². The lowest BCUT2D eigenvalue weighted by Gasteiger charge is -2.37. The van der Waals surface area contributed by atoms with Crippen LogP contribution < -0.4 is 0 Å². The lowest BCUT2D eigenvalue weighted by Crippen LogP contribution is -2.54. The summed E-state index contributed by atoms with van der Waals surface area (Å²) in [6, 6.07) is 11.6. The van der Waals surface area contributed by atoms with E-state index in [9.17, 15) is 26.0 Å². The maximum atomic E-state index is 13.4. The number of nitrogens with zero attached hydrogens (tertiary/aromatic N) is 2. The highest BCUT2D eigenvalue weighted by molar-refractivity contribution is 7.88. The van der Waals surface area contributed by atoms with Gasteiger partial charge in [0, 0.05) is 44.7 Å². The molecular formula is C25H32F4N2O3S. The Morgan fingerprint density at radius 3 is 2.31 bits per heavy atom. The van der Waals surface area contributed by atoms with E-state index in [-0.39, 0.29) is 17.3 Å². The molecule has 1 aliphatic rings. The number of halogens is 4. The third-order valence-corrected chi connectivity index (χ3v) is 7.40. The topological polar surface area (TPSA) is 49.9 Å². The molecule has 0 atom stereocenters. The summed E-state index contributed by atoms with van der Waals surface area (Å²) in [4.78, 5) is 2.08. The fourth-order valence-electron chi connectivity index (χ4n) is 4.18. The molecule has 1 heterocycles. The van der Waals surface area contributed by atoms with Crippen LogP contribution in [0, 0.1) is 5.82 Å². The van der Waals surface area contributed by atoms with Gasteiger partial charge in [0.05, 0.1) is 17.9 Å². The first-order valence-corrected chi connectivity index (χ1v) is 13.3. The van der Waals surface area contributed by atoms with Gasteiger partial charge < -0.3 is 4.74 Å². The molecular weight excluding hydrogens is 484 g/mol. The lowest BCUT2D eigenvalue weighted by atomic mass is 9.84. The normalized spacial score (nSPS) is 16.0. The molecule has 5 nitrogen and oxygen atoms in total. The molecule has 0 amide bonds. The summed E-state index contributed by atoms with van der Waals surface area (Å²) in [6.07, 6.45) is -2.76. The minimum absolute atomic E-state index is 0.141. The number of ether oxygens (including phenoxy) is 1. The molecule has 0 spiro atoms. The van der Waals surface area contributed by atoms with Crippen LogP contribution in [-0.2, 0) is 32.9 Å². The maximum Gasteiger partial charge on any atom is 0.416 e. The second kappa shape index (κ2) is 10.9. The van der Waals surface area contributed by atoms with Crippen LogP contribution in [0.1, 0.15) is 37.0 Å². The minimum atomic E-state index is -4.41. The summed E-state index contributed by atoms with van der Waals surface area (Å²) in [7, 11) is -3.20. The van der Waals surface area contributed by atoms with Crippen LogP contribution in [0.5, 0.6) is 0 Å². The molecule has 0 saturated carbocycles. The molecule has 3 rings (SSSR count). The molecule has 10 heteroatoms. The number of alkyl halides is 3. The third-order valence-electron chi connectivity index (χ3n) is 6.16. The smallest absolute Gasteiger partial charge is 0.375 e. The first-order chi connectivity index (χ1) is 16.2. The van der Waals surface area contributed by atoms with Crippen molar-refractivity contribution in [3.63, 3.8) is 0 Å². The van der Waals surface area contributed by atoms with Gasteiger partial charge in [0.2, 0.25) is 10.0 Å². The Kier molecular flexibility index (Phi) is 8.62. The Labute approximate surface area is 204 Å². The van der Waals surface area contributed by atoms with Gasteiger partial charge in [-0.25, -0.2) is 12.8 Å². The summed E-state index contributed by atoms with van der Waals surface area (Å²) in [5, 5.41) is 0. The molecule has 0 aromatic heterocycles. The Bertz CT molecular complexity index is 1080. The highest BCUT2D eigenvalue weighted by atomic mass is 32.2. The number of hydrogen-bond acceptors (Lipinski definition) is 4. The largest absolute Gasteiger partial charge is 0.416 e. The van der Waals surface area contributed by atoms with Crippen LogP contribution in [0.2, 0.25) is 0 Å². The summed E-state index contributed by atoms with van der Waals surface area (Å²) < 4.78 is 83.1. The first-order valence-electron chi connectivity index (χ1n) is 11.5. The van der Waals surface area contributed by atoms with Crippen molar-refractivity contribution in [2.75, 3.05) is 39.0 Å². The van der Waals surface area contributed by atoms with Crippen LogP contribution in [0.4, 0.5) is 17.6 Å². The second-order valence-electron chi connectivity index (χ2n) is 9.73. The predicted molar refractivity (Wildman–Crippen MR) is 127 cm³/mol. The summed E-state index contributed by atoms with van der Waals surface area (Å²) in [6.45, 7) is 6.56. The van der Waals surface area contributed by atoms with Gasteiger partial charge in [-0.1, -0.05) is 44.2 Å². The van der Waals surface area contributed by atoms with Crippen molar-refractivity contribution >= 4 is 10.0 Å². The molecule has 0 bridgehead atoms. The van der Waals surface area contributed by atoms with E-state index in [1.807, 2.05) is 13.8 Å². The molecule has 1 fully saturated rings. The highest BCUT2D eigenvalue weighted by Gasteiger charge is 2.34. The number of rotatable bonds is 11. The molecule has 1 saturated heterocycles. The Hall–Kier alpha value is -2.01. The Balaban J connectivity index is 1.64. The van der Waals surface area contributed by atoms with Crippen LogP contribution in [0.15, 0.2) is 48.5 Å². The standard InChI is InChI=1S/C25H32F4N2O3S/c1-24(2,20-8-10-22(26)11-9-20)18-30(15-19-6-4-7-21(14-19)25(27,28)29)12-5-13-34-23-16-31(17-23)35(3,32)33/h4,6-11,14,23H,5,12-13,15-18H2,1-3H3. The quantitative estimate of drug-likeness (QED) is 0.322. The average molecular weight is 517 g/mol. The minimum Gasteiger partial charge on any atom is -0.375 e. The molecule has 1 aliphatic heterocycles. The molecule has 2 aromatic carbocycles. The van der Waals surface area contributed by atoms with Gasteiger partial charge in [0.1, 0.15) is 5.82 Å². The monoisotopic (exact) mass is 516 g/mol. The lowest BCUT2D eigenvalue weighted by molar-refractivity contribution is -0.137.